The molecule has 1 N–H and O–H groups in total. The van der Waals surface area contributed by atoms with Gasteiger partial charge in [-0.2, -0.15) is 0 Å². The van der Waals surface area contributed by atoms with Gasteiger partial charge in [0.15, 0.2) is 0 Å². The molecule has 0 heterocycles. The van der Waals surface area contributed by atoms with Crippen LogP contribution in [0.15, 0.2) is 0 Å². The van der Waals surface area contributed by atoms with Gasteiger partial charge >= 0.3 is 0 Å². The minimum absolute atomic E-state index is 0.0905. The lowest BCUT2D eigenvalue weighted by Crippen LogP contribution is -2.51. The van der Waals surface area contributed by atoms with E-state index in [4.69, 9.17) is 4.74 Å². The lowest BCUT2D eigenvalue weighted by molar-refractivity contribution is -0.0563. The van der Waals surface area contributed by atoms with Crippen LogP contribution >= 0.6 is 0 Å². The largest absolute Gasteiger partial charge is 0.377 e. The number of nitrogens with one attached hydrogen (secondary N) is 1. The molecule has 0 bridgehead atoms. The van der Waals surface area contributed by atoms with Crippen LogP contribution in [0.2, 0.25) is 0 Å². The van der Waals surface area contributed by atoms with E-state index in [9.17, 15) is 0 Å². The Labute approximate surface area is 114 Å². The summed E-state index contributed by atoms with van der Waals surface area (Å²) in [6.07, 6.45) is 11.7. The summed E-state index contributed by atoms with van der Waals surface area (Å²) in [5, 5.41) is 3.56. The number of rotatable bonds is 7. The molecule has 1 fully saturated rings. The molecule has 0 aromatic rings. The molecule has 2 heteroatoms. The molecule has 0 aromatic heterocycles. The van der Waals surface area contributed by atoms with E-state index in [2.05, 4.69) is 26.2 Å². The third-order valence-electron chi connectivity index (χ3n) is 4.76. The summed E-state index contributed by atoms with van der Waals surface area (Å²) in [6.45, 7) is 4.66. The van der Waals surface area contributed by atoms with Gasteiger partial charge in [-0.15, -0.1) is 0 Å². The predicted octanol–water partition coefficient (Wildman–Crippen LogP) is 4.14. The van der Waals surface area contributed by atoms with Crippen LogP contribution in [0.4, 0.5) is 0 Å². The first-order valence-corrected chi connectivity index (χ1v) is 7.91. The van der Waals surface area contributed by atoms with Crippen molar-refractivity contribution in [2.45, 2.75) is 83.3 Å². The Morgan fingerprint density at radius 1 is 1.17 bits per heavy atom. The Bertz CT molecular complexity index is 209. The van der Waals surface area contributed by atoms with E-state index in [1.807, 2.05) is 7.11 Å². The van der Waals surface area contributed by atoms with Gasteiger partial charge in [0.1, 0.15) is 0 Å². The Hall–Kier alpha value is -0.0800. The Balaban J connectivity index is 2.68. The average molecular weight is 255 g/mol. The SMILES string of the molecule is CCCC(C)CC(NC)C1(OC)CCCCCC1. The molecular formula is C16H33NO. The number of likely N-dealkylation sites (N-methyl/N-ethyl adjacent to an activating group) is 1. The molecule has 0 amide bonds. The van der Waals surface area contributed by atoms with Crippen LogP contribution in [-0.4, -0.2) is 25.8 Å². The first kappa shape index (κ1) is 16.0. The van der Waals surface area contributed by atoms with Gasteiger partial charge < -0.3 is 10.1 Å². The highest BCUT2D eigenvalue weighted by molar-refractivity contribution is 4.94. The van der Waals surface area contributed by atoms with Crippen molar-refractivity contribution in [3.63, 3.8) is 0 Å². The fourth-order valence-corrected chi connectivity index (χ4v) is 3.63. The molecule has 0 saturated heterocycles. The molecule has 2 nitrogen and oxygen atoms in total. The van der Waals surface area contributed by atoms with E-state index < -0.39 is 0 Å². The predicted molar refractivity (Wildman–Crippen MR) is 79.0 cm³/mol. The monoisotopic (exact) mass is 255 g/mol. The van der Waals surface area contributed by atoms with Gasteiger partial charge in [-0.05, 0) is 32.2 Å². The maximum atomic E-state index is 6.03. The van der Waals surface area contributed by atoms with Crippen LogP contribution in [-0.2, 0) is 4.74 Å². The van der Waals surface area contributed by atoms with E-state index in [1.54, 1.807) is 0 Å². The van der Waals surface area contributed by atoms with E-state index >= 15 is 0 Å². The molecule has 2 atom stereocenters. The second-order valence-electron chi connectivity index (χ2n) is 6.15. The highest BCUT2D eigenvalue weighted by Gasteiger charge is 2.38. The average Bonchev–Trinajstić information content (AvgIpc) is 2.62. The highest BCUT2D eigenvalue weighted by Crippen LogP contribution is 2.35. The van der Waals surface area contributed by atoms with Crippen LogP contribution in [0, 0.1) is 5.92 Å². The fourth-order valence-electron chi connectivity index (χ4n) is 3.63. The maximum absolute atomic E-state index is 6.03. The zero-order valence-corrected chi connectivity index (χ0v) is 12.9. The van der Waals surface area contributed by atoms with Gasteiger partial charge in [-0.25, -0.2) is 0 Å². The van der Waals surface area contributed by atoms with Crippen LogP contribution in [0.1, 0.15) is 71.6 Å². The zero-order chi connectivity index (χ0) is 13.4. The molecule has 1 saturated carbocycles. The topological polar surface area (TPSA) is 21.3 Å². The number of ether oxygens (including phenoxy) is 1. The fraction of sp³-hybridized carbons (Fsp3) is 1.00. The quantitative estimate of drug-likeness (QED) is 0.690. The van der Waals surface area contributed by atoms with Crippen molar-refractivity contribution >= 4 is 0 Å². The van der Waals surface area contributed by atoms with Crippen molar-refractivity contribution in [3.05, 3.63) is 0 Å². The smallest absolute Gasteiger partial charge is 0.0830 e. The lowest BCUT2D eigenvalue weighted by Gasteiger charge is -2.40. The van der Waals surface area contributed by atoms with Gasteiger partial charge in [0.05, 0.1) is 5.60 Å². The number of methoxy groups -OCH3 is 1. The Morgan fingerprint density at radius 2 is 1.78 bits per heavy atom. The lowest BCUT2D eigenvalue weighted by atomic mass is 9.81. The molecule has 1 aliphatic carbocycles. The third kappa shape index (κ3) is 4.24. The number of hydrogen-bond acceptors (Lipinski definition) is 2. The van der Waals surface area contributed by atoms with E-state index in [0.717, 1.165) is 5.92 Å². The summed E-state index contributed by atoms with van der Waals surface area (Å²) in [7, 11) is 4.02. The van der Waals surface area contributed by atoms with Crippen molar-refractivity contribution in [2.75, 3.05) is 14.2 Å². The van der Waals surface area contributed by atoms with Crippen LogP contribution < -0.4 is 5.32 Å². The number of hydrogen-bond donors (Lipinski definition) is 1. The molecule has 0 aromatic carbocycles. The van der Waals surface area contributed by atoms with Crippen molar-refractivity contribution in [1.29, 1.82) is 0 Å². The Morgan fingerprint density at radius 3 is 2.22 bits per heavy atom. The molecule has 0 aliphatic heterocycles. The normalized spacial score (nSPS) is 23.3. The summed E-state index contributed by atoms with van der Waals surface area (Å²) < 4.78 is 6.03. The van der Waals surface area contributed by atoms with Gasteiger partial charge in [0, 0.05) is 13.2 Å². The molecule has 2 unspecified atom stereocenters. The second kappa shape index (κ2) is 8.16. The first-order chi connectivity index (χ1) is 8.68. The minimum atomic E-state index is 0.0905. The van der Waals surface area contributed by atoms with E-state index in [0.29, 0.717) is 6.04 Å². The highest BCUT2D eigenvalue weighted by atomic mass is 16.5. The summed E-state index contributed by atoms with van der Waals surface area (Å²) in [5.41, 5.74) is 0.0905. The standard InChI is InChI=1S/C16H33NO/c1-5-10-14(2)13-15(17-3)16(18-4)11-8-6-7-9-12-16/h14-15,17H,5-13H2,1-4H3. The molecular weight excluding hydrogens is 222 g/mol. The summed E-state index contributed by atoms with van der Waals surface area (Å²) in [6, 6.07) is 0.516. The van der Waals surface area contributed by atoms with Gasteiger partial charge in [0.2, 0.25) is 0 Å². The van der Waals surface area contributed by atoms with Gasteiger partial charge in [-0.1, -0.05) is 52.4 Å². The van der Waals surface area contributed by atoms with Crippen molar-refractivity contribution in [2.24, 2.45) is 5.92 Å². The van der Waals surface area contributed by atoms with Gasteiger partial charge in [0.25, 0.3) is 0 Å². The summed E-state index contributed by atoms with van der Waals surface area (Å²) in [5.74, 6) is 0.794. The molecule has 18 heavy (non-hydrogen) atoms. The van der Waals surface area contributed by atoms with Crippen LogP contribution in [0.25, 0.3) is 0 Å². The third-order valence-corrected chi connectivity index (χ3v) is 4.76. The van der Waals surface area contributed by atoms with Crippen LogP contribution in [0.3, 0.4) is 0 Å². The molecule has 108 valence electrons. The van der Waals surface area contributed by atoms with E-state index in [-0.39, 0.29) is 5.60 Å². The van der Waals surface area contributed by atoms with Crippen molar-refractivity contribution < 1.29 is 4.74 Å². The van der Waals surface area contributed by atoms with Crippen molar-refractivity contribution in [1.82, 2.24) is 5.32 Å². The molecule has 1 aliphatic rings. The maximum Gasteiger partial charge on any atom is 0.0830 e. The van der Waals surface area contributed by atoms with Crippen molar-refractivity contribution in [3.8, 4) is 0 Å². The second-order valence-corrected chi connectivity index (χ2v) is 6.15. The van der Waals surface area contributed by atoms with Gasteiger partial charge in [-0.3, -0.25) is 0 Å². The molecule has 0 spiro atoms. The summed E-state index contributed by atoms with van der Waals surface area (Å²) >= 11 is 0. The zero-order valence-electron chi connectivity index (χ0n) is 12.9. The summed E-state index contributed by atoms with van der Waals surface area (Å²) in [4.78, 5) is 0. The minimum Gasteiger partial charge on any atom is -0.377 e. The van der Waals surface area contributed by atoms with E-state index in [1.165, 1.54) is 57.8 Å². The molecule has 1 rings (SSSR count). The first-order valence-electron chi connectivity index (χ1n) is 7.91. The Kier molecular flexibility index (Phi) is 7.25. The molecule has 0 radical (unpaired) electrons. The van der Waals surface area contributed by atoms with Crippen LogP contribution in [0.5, 0.6) is 0 Å².